The van der Waals surface area contributed by atoms with Crippen LogP contribution in [0.1, 0.15) is 18.1 Å². The first-order chi connectivity index (χ1) is 9.36. The molecule has 2 aromatic rings. The van der Waals surface area contributed by atoms with Gasteiger partial charge in [-0.25, -0.2) is 0 Å². The number of halogens is 4. The number of aromatic hydroxyl groups is 1. The molecular weight excluding hydrogens is 516 g/mol. The molecule has 0 fully saturated rings. The van der Waals surface area contributed by atoms with Gasteiger partial charge in [0, 0.05) is 8.95 Å². The highest BCUT2D eigenvalue weighted by Crippen LogP contribution is 2.35. The fourth-order valence-electron chi connectivity index (χ4n) is 1.79. The summed E-state index contributed by atoms with van der Waals surface area (Å²) in [5.74, 6) is 0.215. The summed E-state index contributed by atoms with van der Waals surface area (Å²) < 4.78 is 3.40. The SMILES string of the molecule is CC(=Cc1cc(Br)cc(Br)c1)c1cc(Br)c(O)c(Br)c1. The summed E-state index contributed by atoms with van der Waals surface area (Å²) >= 11 is 13.7. The maximum atomic E-state index is 9.75. The number of hydrogen-bond acceptors (Lipinski definition) is 1. The van der Waals surface area contributed by atoms with E-state index in [0.29, 0.717) is 8.95 Å². The minimum Gasteiger partial charge on any atom is -0.506 e. The molecule has 0 saturated heterocycles. The van der Waals surface area contributed by atoms with Gasteiger partial charge in [0.15, 0.2) is 0 Å². The number of phenols is 1. The van der Waals surface area contributed by atoms with E-state index in [9.17, 15) is 5.11 Å². The minimum atomic E-state index is 0.215. The standard InChI is InChI=1S/C15H10Br4O/c1-8(2-9-3-11(16)7-12(17)4-9)10-5-13(18)15(20)14(19)6-10/h2-7,20H,1H3. The van der Waals surface area contributed by atoms with Crippen LogP contribution in [0.4, 0.5) is 0 Å². The highest BCUT2D eigenvalue weighted by molar-refractivity contribution is 9.11. The van der Waals surface area contributed by atoms with E-state index in [1.807, 2.05) is 25.1 Å². The van der Waals surface area contributed by atoms with Gasteiger partial charge < -0.3 is 5.11 Å². The summed E-state index contributed by atoms with van der Waals surface area (Å²) in [6, 6.07) is 9.91. The lowest BCUT2D eigenvalue weighted by Gasteiger charge is -2.07. The number of allylic oxidation sites excluding steroid dienone is 1. The Labute approximate surface area is 151 Å². The van der Waals surface area contributed by atoms with Crippen molar-refractivity contribution in [3.05, 3.63) is 59.3 Å². The molecule has 0 amide bonds. The summed E-state index contributed by atoms with van der Waals surface area (Å²) in [7, 11) is 0. The molecule has 104 valence electrons. The monoisotopic (exact) mass is 522 g/mol. The molecule has 5 heteroatoms. The normalized spacial score (nSPS) is 11.8. The van der Waals surface area contributed by atoms with Crippen LogP contribution in [0.15, 0.2) is 48.2 Å². The predicted octanol–water partition coefficient (Wildman–Crippen LogP) is 7.00. The largest absolute Gasteiger partial charge is 0.506 e. The van der Waals surface area contributed by atoms with Gasteiger partial charge in [0.25, 0.3) is 0 Å². The van der Waals surface area contributed by atoms with Gasteiger partial charge in [-0.1, -0.05) is 37.9 Å². The van der Waals surface area contributed by atoms with Gasteiger partial charge in [-0.3, -0.25) is 0 Å². The number of rotatable bonds is 2. The molecule has 0 radical (unpaired) electrons. The molecule has 0 spiro atoms. The fourth-order valence-corrected chi connectivity index (χ4v) is 4.30. The zero-order valence-electron chi connectivity index (χ0n) is 10.4. The zero-order valence-corrected chi connectivity index (χ0v) is 16.8. The Kier molecular flexibility index (Phi) is 5.51. The van der Waals surface area contributed by atoms with E-state index >= 15 is 0 Å². The summed E-state index contributed by atoms with van der Waals surface area (Å²) in [6.45, 7) is 2.04. The van der Waals surface area contributed by atoms with Crippen molar-refractivity contribution >= 4 is 75.4 Å². The van der Waals surface area contributed by atoms with E-state index in [1.165, 1.54) is 0 Å². The first-order valence-electron chi connectivity index (χ1n) is 5.69. The Morgan fingerprint density at radius 3 is 1.90 bits per heavy atom. The van der Waals surface area contributed by atoms with Crippen LogP contribution >= 0.6 is 63.7 Å². The molecule has 1 N–H and O–H groups in total. The number of phenolic OH excluding ortho intramolecular Hbond substituents is 1. The molecule has 1 nitrogen and oxygen atoms in total. The zero-order chi connectivity index (χ0) is 14.9. The maximum Gasteiger partial charge on any atom is 0.143 e. The third-order valence-electron chi connectivity index (χ3n) is 2.74. The maximum absolute atomic E-state index is 9.75. The molecule has 0 aliphatic rings. The van der Waals surface area contributed by atoms with Gasteiger partial charge >= 0.3 is 0 Å². The van der Waals surface area contributed by atoms with Crippen LogP contribution in [0.5, 0.6) is 5.75 Å². The summed E-state index contributed by atoms with van der Waals surface area (Å²) in [6.07, 6.45) is 2.10. The molecule has 0 bridgehead atoms. The van der Waals surface area contributed by atoms with Gasteiger partial charge in [-0.05, 0) is 85.8 Å². The van der Waals surface area contributed by atoms with Crippen molar-refractivity contribution in [1.29, 1.82) is 0 Å². The van der Waals surface area contributed by atoms with E-state index in [4.69, 9.17) is 0 Å². The van der Waals surface area contributed by atoms with Crippen LogP contribution in [0, 0.1) is 0 Å². The Bertz CT molecular complexity index is 649. The Hall–Kier alpha value is -0.100. The van der Waals surface area contributed by atoms with Crippen molar-refractivity contribution in [2.24, 2.45) is 0 Å². The first-order valence-corrected chi connectivity index (χ1v) is 8.87. The van der Waals surface area contributed by atoms with E-state index < -0.39 is 0 Å². The molecule has 0 heterocycles. The fraction of sp³-hybridized carbons (Fsp3) is 0.0667. The van der Waals surface area contributed by atoms with Crippen molar-refractivity contribution in [2.45, 2.75) is 6.92 Å². The van der Waals surface area contributed by atoms with Gasteiger partial charge in [0.2, 0.25) is 0 Å². The molecule has 0 aliphatic heterocycles. The lowest BCUT2D eigenvalue weighted by atomic mass is 10.0. The average Bonchev–Trinajstić information content (AvgIpc) is 2.33. The molecular formula is C15H10Br4O. The number of hydrogen-bond donors (Lipinski definition) is 1. The smallest absolute Gasteiger partial charge is 0.143 e. The van der Waals surface area contributed by atoms with Gasteiger partial charge in [0.05, 0.1) is 8.95 Å². The first kappa shape index (κ1) is 16.3. The average molecular weight is 526 g/mol. The van der Waals surface area contributed by atoms with Crippen LogP contribution in [0.25, 0.3) is 11.6 Å². The highest BCUT2D eigenvalue weighted by Gasteiger charge is 2.07. The molecule has 0 atom stereocenters. The van der Waals surface area contributed by atoms with Gasteiger partial charge in [0.1, 0.15) is 5.75 Å². The van der Waals surface area contributed by atoms with Gasteiger partial charge in [-0.2, -0.15) is 0 Å². The summed E-state index contributed by atoms with van der Waals surface area (Å²) in [5, 5.41) is 9.75. The summed E-state index contributed by atoms with van der Waals surface area (Å²) in [5.41, 5.74) is 3.25. The molecule has 0 aromatic heterocycles. The second-order valence-corrected chi connectivity index (χ2v) is 7.86. The molecule has 0 aliphatic carbocycles. The van der Waals surface area contributed by atoms with Crippen LogP contribution in [0.2, 0.25) is 0 Å². The lowest BCUT2D eigenvalue weighted by molar-refractivity contribution is 0.468. The lowest BCUT2D eigenvalue weighted by Crippen LogP contribution is -1.83. The van der Waals surface area contributed by atoms with Crippen LogP contribution in [-0.4, -0.2) is 5.11 Å². The Morgan fingerprint density at radius 2 is 1.40 bits per heavy atom. The third kappa shape index (κ3) is 3.97. The second kappa shape index (κ2) is 6.77. The third-order valence-corrected chi connectivity index (χ3v) is 4.86. The van der Waals surface area contributed by atoms with Crippen molar-refractivity contribution in [1.82, 2.24) is 0 Å². The Balaban J connectivity index is 2.44. The highest BCUT2D eigenvalue weighted by atomic mass is 79.9. The van der Waals surface area contributed by atoms with Crippen molar-refractivity contribution in [3.63, 3.8) is 0 Å². The molecule has 0 unspecified atom stereocenters. The molecule has 0 saturated carbocycles. The Morgan fingerprint density at radius 1 is 0.900 bits per heavy atom. The van der Waals surface area contributed by atoms with Crippen LogP contribution in [0.3, 0.4) is 0 Å². The van der Waals surface area contributed by atoms with E-state index in [-0.39, 0.29) is 5.75 Å². The topological polar surface area (TPSA) is 20.2 Å². The molecule has 20 heavy (non-hydrogen) atoms. The quantitative estimate of drug-likeness (QED) is 0.419. The van der Waals surface area contributed by atoms with Crippen molar-refractivity contribution in [2.75, 3.05) is 0 Å². The summed E-state index contributed by atoms with van der Waals surface area (Å²) in [4.78, 5) is 0. The predicted molar refractivity (Wildman–Crippen MR) is 98.9 cm³/mol. The van der Waals surface area contributed by atoms with Crippen LogP contribution < -0.4 is 0 Å². The van der Waals surface area contributed by atoms with E-state index in [1.54, 1.807) is 0 Å². The number of benzene rings is 2. The van der Waals surface area contributed by atoms with Crippen molar-refractivity contribution in [3.8, 4) is 5.75 Å². The van der Waals surface area contributed by atoms with E-state index in [2.05, 4.69) is 81.9 Å². The van der Waals surface area contributed by atoms with Crippen molar-refractivity contribution < 1.29 is 5.11 Å². The molecule has 2 aromatic carbocycles. The van der Waals surface area contributed by atoms with Gasteiger partial charge in [-0.15, -0.1) is 0 Å². The minimum absolute atomic E-state index is 0.215. The second-order valence-electron chi connectivity index (χ2n) is 4.32. The van der Waals surface area contributed by atoms with E-state index in [0.717, 1.165) is 25.6 Å². The molecule has 2 rings (SSSR count). The van der Waals surface area contributed by atoms with Crippen LogP contribution in [-0.2, 0) is 0 Å².